The van der Waals surface area contributed by atoms with Gasteiger partial charge in [0.1, 0.15) is 5.82 Å². The van der Waals surface area contributed by atoms with Gasteiger partial charge in [-0.25, -0.2) is 4.98 Å². The zero-order valence-electron chi connectivity index (χ0n) is 10.6. The zero-order chi connectivity index (χ0) is 12.4. The van der Waals surface area contributed by atoms with Gasteiger partial charge < -0.3 is 9.80 Å². The van der Waals surface area contributed by atoms with Gasteiger partial charge in [0, 0.05) is 25.3 Å². The van der Waals surface area contributed by atoms with E-state index in [-0.39, 0.29) is 0 Å². The highest BCUT2D eigenvalue weighted by Gasteiger charge is 2.31. The molecule has 17 heavy (non-hydrogen) atoms. The number of alkyl halides is 1. The Labute approximate surface area is 108 Å². The first-order valence-corrected chi connectivity index (χ1v) is 6.43. The van der Waals surface area contributed by atoms with Crippen molar-refractivity contribution in [3.05, 3.63) is 18.1 Å². The number of hydrogen-bond donors (Lipinski definition) is 0. The number of hydrogen-bond acceptors (Lipinski definition) is 4. The summed E-state index contributed by atoms with van der Waals surface area (Å²) >= 11 is 5.78. The third kappa shape index (κ3) is 2.69. The van der Waals surface area contributed by atoms with Crippen molar-refractivity contribution in [1.82, 2.24) is 14.9 Å². The molecule has 0 saturated carbocycles. The van der Waals surface area contributed by atoms with Crippen molar-refractivity contribution >= 4 is 17.4 Å². The predicted molar refractivity (Wildman–Crippen MR) is 70.4 cm³/mol. The number of anilines is 1. The molecule has 5 heteroatoms. The molecule has 1 saturated heterocycles. The molecule has 2 unspecified atom stereocenters. The first kappa shape index (κ1) is 12.6. The SMILES string of the molecule is CC1CN(c2cncc(CCl)n2)CC1N(C)C. The highest BCUT2D eigenvalue weighted by molar-refractivity contribution is 6.16. The van der Waals surface area contributed by atoms with Gasteiger partial charge in [0.05, 0.1) is 17.8 Å². The van der Waals surface area contributed by atoms with Gasteiger partial charge in [-0.1, -0.05) is 6.92 Å². The molecule has 0 radical (unpaired) electrons. The molecule has 2 heterocycles. The van der Waals surface area contributed by atoms with E-state index in [1.807, 2.05) is 6.20 Å². The van der Waals surface area contributed by atoms with E-state index < -0.39 is 0 Å². The van der Waals surface area contributed by atoms with Gasteiger partial charge in [0.25, 0.3) is 0 Å². The lowest BCUT2D eigenvalue weighted by Gasteiger charge is -2.22. The van der Waals surface area contributed by atoms with Crippen LogP contribution >= 0.6 is 11.6 Å². The third-order valence-electron chi connectivity index (χ3n) is 3.37. The Kier molecular flexibility index (Phi) is 3.84. The minimum atomic E-state index is 0.418. The van der Waals surface area contributed by atoms with Crippen molar-refractivity contribution in [2.75, 3.05) is 32.1 Å². The molecular weight excluding hydrogens is 236 g/mol. The summed E-state index contributed by atoms with van der Waals surface area (Å²) in [6, 6.07) is 0.580. The van der Waals surface area contributed by atoms with Crippen molar-refractivity contribution in [2.24, 2.45) is 5.92 Å². The molecule has 2 atom stereocenters. The monoisotopic (exact) mass is 254 g/mol. The Morgan fingerprint density at radius 3 is 2.76 bits per heavy atom. The van der Waals surface area contributed by atoms with E-state index in [4.69, 9.17) is 11.6 Å². The number of likely N-dealkylation sites (N-methyl/N-ethyl adjacent to an activating group) is 1. The molecule has 1 aliphatic heterocycles. The van der Waals surface area contributed by atoms with Crippen LogP contribution < -0.4 is 4.90 Å². The molecule has 1 aliphatic rings. The van der Waals surface area contributed by atoms with E-state index in [1.54, 1.807) is 6.20 Å². The Morgan fingerprint density at radius 1 is 1.41 bits per heavy atom. The Bertz CT molecular complexity index is 383. The van der Waals surface area contributed by atoms with Crippen LogP contribution in [0.4, 0.5) is 5.82 Å². The summed E-state index contributed by atoms with van der Waals surface area (Å²) in [7, 11) is 4.26. The molecule has 0 aliphatic carbocycles. The van der Waals surface area contributed by atoms with Gasteiger partial charge in [-0.15, -0.1) is 11.6 Å². The molecule has 4 nitrogen and oxygen atoms in total. The van der Waals surface area contributed by atoms with E-state index in [0.717, 1.165) is 24.6 Å². The second-order valence-electron chi connectivity index (χ2n) is 4.92. The van der Waals surface area contributed by atoms with Crippen LogP contribution in [0.25, 0.3) is 0 Å². The minimum absolute atomic E-state index is 0.418. The van der Waals surface area contributed by atoms with Crippen LogP contribution in [0, 0.1) is 5.92 Å². The molecule has 0 amide bonds. The number of rotatable bonds is 3. The summed E-state index contributed by atoms with van der Waals surface area (Å²) in [6.45, 7) is 4.32. The summed E-state index contributed by atoms with van der Waals surface area (Å²) < 4.78 is 0. The van der Waals surface area contributed by atoms with Gasteiger partial charge in [-0.3, -0.25) is 4.98 Å². The van der Waals surface area contributed by atoms with Crippen LogP contribution in [-0.2, 0) is 5.88 Å². The van der Waals surface area contributed by atoms with E-state index >= 15 is 0 Å². The van der Waals surface area contributed by atoms with Crippen molar-refractivity contribution in [3.8, 4) is 0 Å². The highest BCUT2D eigenvalue weighted by Crippen LogP contribution is 2.24. The van der Waals surface area contributed by atoms with Gasteiger partial charge in [0.15, 0.2) is 0 Å². The lowest BCUT2D eigenvalue weighted by atomic mass is 10.1. The normalized spacial score (nSPS) is 24.6. The molecule has 0 bridgehead atoms. The lowest BCUT2D eigenvalue weighted by Crippen LogP contribution is -2.34. The van der Waals surface area contributed by atoms with Crippen LogP contribution in [0.5, 0.6) is 0 Å². The fraction of sp³-hybridized carbons (Fsp3) is 0.667. The van der Waals surface area contributed by atoms with Crippen LogP contribution in [0.1, 0.15) is 12.6 Å². The summed E-state index contributed by atoms with van der Waals surface area (Å²) in [4.78, 5) is 13.3. The number of halogens is 1. The molecule has 1 aromatic heterocycles. The van der Waals surface area contributed by atoms with Crippen molar-refractivity contribution in [2.45, 2.75) is 18.8 Å². The average Bonchev–Trinajstić information content (AvgIpc) is 2.71. The first-order valence-electron chi connectivity index (χ1n) is 5.90. The average molecular weight is 255 g/mol. The van der Waals surface area contributed by atoms with Crippen LogP contribution in [0.15, 0.2) is 12.4 Å². The fourth-order valence-corrected chi connectivity index (χ4v) is 2.55. The number of aromatic nitrogens is 2. The second-order valence-corrected chi connectivity index (χ2v) is 5.18. The topological polar surface area (TPSA) is 32.3 Å². The zero-order valence-corrected chi connectivity index (χ0v) is 11.4. The maximum Gasteiger partial charge on any atom is 0.147 e. The van der Waals surface area contributed by atoms with Gasteiger partial charge >= 0.3 is 0 Å². The smallest absolute Gasteiger partial charge is 0.147 e. The highest BCUT2D eigenvalue weighted by atomic mass is 35.5. The Hall–Kier alpha value is -0.870. The molecular formula is C12H19ClN4. The minimum Gasteiger partial charge on any atom is -0.353 e. The van der Waals surface area contributed by atoms with Crippen LogP contribution in [-0.4, -0.2) is 48.1 Å². The van der Waals surface area contributed by atoms with E-state index in [2.05, 4.69) is 40.8 Å². The molecule has 94 valence electrons. The van der Waals surface area contributed by atoms with Crippen molar-refractivity contribution in [3.63, 3.8) is 0 Å². The quantitative estimate of drug-likeness (QED) is 0.767. The summed E-state index contributed by atoms with van der Waals surface area (Å²) in [5.74, 6) is 2.01. The standard InChI is InChI=1S/C12H19ClN4/c1-9-7-17(8-11(9)16(2)3)12-6-14-5-10(4-13)15-12/h5-6,9,11H,4,7-8H2,1-3H3. The van der Waals surface area contributed by atoms with Crippen molar-refractivity contribution < 1.29 is 0 Å². The predicted octanol–water partition coefficient (Wildman–Crippen LogP) is 1.60. The molecule has 1 aromatic rings. The summed E-state index contributed by atoms with van der Waals surface area (Å²) in [5, 5.41) is 0. The molecule has 0 N–H and O–H groups in total. The van der Waals surface area contributed by atoms with Gasteiger partial charge in [-0.05, 0) is 20.0 Å². The van der Waals surface area contributed by atoms with E-state index in [9.17, 15) is 0 Å². The third-order valence-corrected chi connectivity index (χ3v) is 3.64. The van der Waals surface area contributed by atoms with Crippen molar-refractivity contribution in [1.29, 1.82) is 0 Å². The second kappa shape index (κ2) is 5.19. The summed E-state index contributed by atoms with van der Waals surface area (Å²) in [5.41, 5.74) is 0.838. The maximum atomic E-state index is 5.78. The molecule has 0 spiro atoms. The largest absolute Gasteiger partial charge is 0.353 e. The van der Waals surface area contributed by atoms with Gasteiger partial charge in [-0.2, -0.15) is 0 Å². The number of nitrogens with zero attached hydrogens (tertiary/aromatic N) is 4. The fourth-order valence-electron chi connectivity index (χ4n) is 2.42. The van der Waals surface area contributed by atoms with Gasteiger partial charge in [0.2, 0.25) is 0 Å². The maximum absolute atomic E-state index is 5.78. The summed E-state index contributed by atoms with van der Waals surface area (Å²) in [6.07, 6.45) is 3.54. The van der Waals surface area contributed by atoms with Crippen LogP contribution in [0.2, 0.25) is 0 Å². The van der Waals surface area contributed by atoms with Crippen LogP contribution in [0.3, 0.4) is 0 Å². The molecule has 0 aromatic carbocycles. The van der Waals surface area contributed by atoms with E-state index in [0.29, 0.717) is 17.8 Å². The Balaban J connectivity index is 2.13. The lowest BCUT2D eigenvalue weighted by molar-refractivity contribution is 0.266. The molecule has 1 fully saturated rings. The first-order chi connectivity index (χ1) is 8.11. The molecule has 2 rings (SSSR count). The Morgan fingerprint density at radius 2 is 2.18 bits per heavy atom. The van der Waals surface area contributed by atoms with E-state index in [1.165, 1.54) is 0 Å².